The molecule has 0 saturated carbocycles. The molecule has 3 aromatic carbocycles. The number of carbonyl (C=O) groups excluding carboxylic acids is 1. The number of amides is 1. The molecule has 4 nitrogen and oxygen atoms in total. The first kappa shape index (κ1) is 20.7. The Bertz CT molecular complexity index is 1270. The van der Waals surface area contributed by atoms with E-state index in [0.29, 0.717) is 27.1 Å². The summed E-state index contributed by atoms with van der Waals surface area (Å²) in [7, 11) is 0. The van der Waals surface area contributed by atoms with Crippen molar-refractivity contribution in [2.24, 2.45) is 5.10 Å². The lowest BCUT2D eigenvalue weighted by molar-refractivity contribution is -0.120. The van der Waals surface area contributed by atoms with Crippen LogP contribution in [0.4, 0.5) is 0 Å². The third-order valence-electron chi connectivity index (χ3n) is 4.51. The standard InChI is InChI=1S/C23H15BrCl2N2O2/c24-20-8-5-14(17-3-1-2-4-18(17)20)11-23(29)28-27-13-16-7-10-22(30-16)19-12-15(25)6-9-21(19)26/h1-10,12-13H,11H2,(H,28,29)/b27-13-. The molecule has 150 valence electrons. The normalized spacial score (nSPS) is 11.3. The van der Waals surface area contributed by atoms with Gasteiger partial charge >= 0.3 is 0 Å². The van der Waals surface area contributed by atoms with E-state index in [2.05, 4.69) is 26.5 Å². The molecule has 1 aromatic heterocycles. The van der Waals surface area contributed by atoms with Crippen LogP contribution in [0.2, 0.25) is 10.0 Å². The molecular weight excluding hydrogens is 487 g/mol. The molecule has 0 aliphatic carbocycles. The van der Waals surface area contributed by atoms with Gasteiger partial charge in [-0.3, -0.25) is 4.79 Å². The number of furan rings is 1. The Kier molecular flexibility index (Phi) is 6.23. The van der Waals surface area contributed by atoms with E-state index in [9.17, 15) is 4.79 Å². The second-order valence-electron chi connectivity index (χ2n) is 6.55. The molecule has 0 aliphatic rings. The lowest BCUT2D eigenvalue weighted by atomic mass is 10.0. The molecule has 0 bridgehead atoms. The van der Waals surface area contributed by atoms with Crippen molar-refractivity contribution in [3.63, 3.8) is 0 Å². The first-order valence-electron chi connectivity index (χ1n) is 9.04. The molecule has 0 unspecified atom stereocenters. The van der Waals surface area contributed by atoms with Crippen LogP contribution in [0, 0.1) is 0 Å². The Morgan fingerprint density at radius 2 is 1.83 bits per heavy atom. The molecule has 7 heteroatoms. The van der Waals surface area contributed by atoms with Gasteiger partial charge in [0.2, 0.25) is 5.91 Å². The Morgan fingerprint density at radius 1 is 1.03 bits per heavy atom. The van der Waals surface area contributed by atoms with Crippen LogP contribution in [0.5, 0.6) is 0 Å². The maximum Gasteiger partial charge on any atom is 0.244 e. The molecule has 0 atom stereocenters. The monoisotopic (exact) mass is 500 g/mol. The molecule has 30 heavy (non-hydrogen) atoms. The van der Waals surface area contributed by atoms with Gasteiger partial charge in [-0.25, -0.2) is 5.43 Å². The van der Waals surface area contributed by atoms with Crippen LogP contribution < -0.4 is 5.43 Å². The minimum absolute atomic E-state index is 0.215. The Labute approximate surface area is 191 Å². The van der Waals surface area contributed by atoms with Crippen molar-refractivity contribution in [1.82, 2.24) is 5.43 Å². The third-order valence-corrected chi connectivity index (χ3v) is 5.77. The first-order valence-corrected chi connectivity index (χ1v) is 10.6. The van der Waals surface area contributed by atoms with Crippen molar-refractivity contribution in [3.05, 3.63) is 92.6 Å². The average molecular weight is 502 g/mol. The lowest BCUT2D eigenvalue weighted by Gasteiger charge is -2.07. The van der Waals surface area contributed by atoms with E-state index in [1.165, 1.54) is 6.21 Å². The molecule has 1 N–H and O–H groups in total. The summed E-state index contributed by atoms with van der Waals surface area (Å²) in [6, 6.07) is 20.5. The van der Waals surface area contributed by atoms with E-state index in [4.69, 9.17) is 27.6 Å². The fourth-order valence-electron chi connectivity index (χ4n) is 3.11. The molecule has 4 rings (SSSR count). The highest BCUT2D eigenvalue weighted by atomic mass is 79.9. The van der Waals surface area contributed by atoms with Crippen molar-refractivity contribution in [2.75, 3.05) is 0 Å². The lowest BCUT2D eigenvalue weighted by Crippen LogP contribution is -2.19. The molecular formula is C23H15BrCl2N2O2. The fraction of sp³-hybridized carbons (Fsp3) is 0.0435. The predicted octanol–water partition coefficient (Wildman–Crippen LogP) is 6.86. The van der Waals surface area contributed by atoms with Crippen molar-refractivity contribution in [1.29, 1.82) is 0 Å². The zero-order valence-electron chi connectivity index (χ0n) is 15.5. The van der Waals surface area contributed by atoms with Gasteiger partial charge in [-0.1, -0.05) is 69.5 Å². The van der Waals surface area contributed by atoms with Gasteiger partial charge in [-0.05, 0) is 52.7 Å². The Hall–Kier alpha value is -2.60. The van der Waals surface area contributed by atoms with Gasteiger partial charge in [-0.2, -0.15) is 5.10 Å². The average Bonchev–Trinajstić information content (AvgIpc) is 3.21. The van der Waals surface area contributed by atoms with Gasteiger partial charge in [0.1, 0.15) is 11.5 Å². The van der Waals surface area contributed by atoms with E-state index in [0.717, 1.165) is 20.8 Å². The zero-order chi connectivity index (χ0) is 21.1. The summed E-state index contributed by atoms with van der Waals surface area (Å²) in [5.74, 6) is 0.829. The molecule has 0 aliphatic heterocycles. The number of rotatable bonds is 5. The predicted molar refractivity (Wildman–Crippen MR) is 125 cm³/mol. The smallest absolute Gasteiger partial charge is 0.244 e. The summed E-state index contributed by atoms with van der Waals surface area (Å²) in [6.07, 6.45) is 1.66. The maximum atomic E-state index is 12.3. The van der Waals surface area contributed by atoms with E-state index >= 15 is 0 Å². The Morgan fingerprint density at radius 3 is 2.67 bits per heavy atom. The quantitative estimate of drug-likeness (QED) is 0.240. The van der Waals surface area contributed by atoms with Gasteiger partial charge in [-0.15, -0.1) is 0 Å². The number of carbonyl (C=O) groups is 1. The van der Waals surface area contributed by atoms with E-state index in [1.54, 1.807) is 30.3 Å². The minimum Gasteiger partial charge on any atom is -0.455 e. The van der Waals surface area contributed by atoms with Crippen molar-refractivity contribution < 1.29 is 9.21 Å². The number of hydrazone groups is 1. The van der Waals surface area contributed by atoms with Gasteiger partial charge in [0.25, 0.3) is 0 Å². The molecule has 1 amide bonds. The van der Waals surface area contributed by atoms with Crippen molar-refractivity contribution in [3.8, 4) is 11.3 Å². The second-order valence-corrected chi connectivity index (χ2v) is 8.25. The van der Waals surface area contributed by atoms with E-state index in [-0.39, 0.29) is 12.3 Å². The second kappa shape index (κ2) is 9.04. The van der Waals surface area contributed by atoms with Crippen LogP contribution >= 0.6 is 39.1 Å². The highest BCUT2D eigenvalue weighted by Crippen LogP contribution is 2.31. The fourth-order valence-corrected chi connectivity index (χ4v) is 3.97. The minimum atomic E-state index is -0.219. The number of halogens is 3. The third kappa shape index (κ3) is 4.59. The van der Waals surface area contributed by atoms with E-state index in [1.807, 2.05) is 36.4 Å². The highest BCUT2D eigenvalue weighted by molar-refractivity contribution is 9.10. The number of hydrogen-bond acceptors (Lipinski definition) is 3. The molecule has 4 aromatic rings. The number of nitrogens with one attached hydrogen (secondary N) is 1. The summed E-state index contributed by atoms with van der Waals surface area (Å²) >= 11 is 15.8. The van der Waals surface area contributed by atoms with Gasteiger partial charge in [0, 0.05) is 15.1 Å². The zero-order valence-corrected chi connectivity index (χ0v) is 18.6. The number of benzene rings is 3. The largest absolute Gasteiger partial charge is 0.455 e. The Balaban J connectivity index is 1.43. The van der Waals surface area contributed by atoms with Crippen LogP contribution in [0.1, 0.15) is 11.3 Å². The molecule has 1 heterocycles. The van der Waals surface area contributed by atoms with Gasteiger partial charge in [0.05, 0.1) is 17.7 Å². The summed E-state index contributed by atoms with van der Waals surface area (Å²) in [5, 5.41) is 7.19. The summed E-state index contributed by atoms with van der Waals surface area (Å²) < 4.78 is 6.72. The van der Waals surface area contributed by atoms with Crippen LogP contribution in [-0.2, 0) is 11.2 Å². The maximum absolute atomic E-state index is 12.3. The summed E-state index contributed by atoms with van der Waals surface area (Å²) in [6.45, 7) is 0. The topological polar surface area (TPSA) is 54.6 Å². The van der Waals surface area contributed by atoms with Gasteiger partial charge < -0.3 is 4.42 Å². The van der Waals surface area contributed by atoms with Crippen molar-refractivity contribution >= 4 is 62.0 Å². The van der Waals surface area contributed by atoms with Crippen LogP contribution in [0.15, 0.2) is 80.7 Å². The number of nitrogens with zero attached hydrogens (tertiary/aromatic N) is 1. The van der Waals surface area contributed by atoms with Crippen LogP contribution in [0.3, 0.4) is 0 Å². The van der Waals surface area contributed by atoms with Crippen molar-refractivity contribution in [2.45, 2.75) is 6.42 Å². The molecule has 0 radical (unpaired) electrons. The first-order chi connectivity index (χ1) is 14.5. The summed E-state index contributed by atoms with van der Waals surface area (Å²) in [4.78, 5) is 12.3. The molecule has 0 saturated heterocycles. The highest BCUT2D eigenvalue weighted by Gasteiger charge is 2.10. The number of hydrogen-bond donors (Lipinski definition) is 1. The SMILES string of the molecule is O=C(Cc1ccc(Br)c2ccccc12)N/N=C\c1ccc(-c2cc(Cl)ccc2Cl)o1. The van der Waals surface area contributed by atoms with Crippen LogP contribution in [-0.4, -0.2) is 12.1 Å². The van der Waals surface area contributed by atoms with Crippen LogP contribution in [0.25, 0.3) is 22.1 Å². The van der Waals surface area contributed by atoms with E-state index < -0.39 is 0 Å². The molecule has 0 fully saturated rings. The summed E-state index contributed by atoms with van der Waals surface area (Å²) in [5.41, 5.74) is 4.16. The van der Waals surface area contributed by atoms with Gasteiger partial charge in [0.15, 0.2) is 0 Å². The molecule has 0 spiro atoms. The number of fused-ring (bicyclic) bond motifs is 1.